The van der Waals surface area contributed by atoms with Gasteiger partial charge in [0.15, 0.2) is 0 Å². The number of pyridine rings is 2. The van der Waals surface area contributed by atoms with Gasteiger partial charge in [0.2, 0.25) is 0 Å². The quantitative estimate of drug-likeness (QED) is 0.865. The average molecular weight is 349 g/mol. The number of carbonyl (C=O) groups is 1. The molecular weight excluding hydrogens is 332 g/mol. The Labute approximate surface area is 132 Å². The topological polar surface area (TPSA) is 66.9 Å². The van der Waals surface area contributed by atoms with Crippen LogP contribution < -0.4 is 10.6 Å². The second-order valence-corrected chi connectivity index (χ2v) is 5.42. The van der Waals surface area contributed by atoms with Crippen molar-refractivity contribution in [1.29, 1.82) is 0 Å². The molecule has 0 aliphatic carbocycles. The molecular formula is C15H17BrN4O. The van der Waals surface area contributed by atoms with Gasteiger partial charge < -0.3 is 10.6 Å². The first-order valence-electron chi connectivity index (χ1n) is 6.74. The Hall–Kier alpha value is -1.95. The van der Waals surface area contributed by atoms with E-state index in [1.54, 1.807) is 24.5 Å². The fourth-order valence-corrected chi connectivity index (χ4v) is 2.01. The summed E-state index contributed by atoms with van der Waals surface area (Å²) in [5.41, 5.74) is 2.11. The van der Waals surface area contributed by atoms with Crippen LogP contribution in [0.15, 0.2) is 35.1 Å². The normalized spacial score (nSPS) is 10.2. The van der Waals surface area contributed by atoms with E-state index in [1.807, 2.05) is 13.0 Å². The van der Waals surface area contributed by atoms with Gasteiger partial charge in [0.1, 0.15) is 5.82 Å². The molecule has 1 amide bonds. The third-order valence-corrected chi connectivity index (χ3v) is 3.73. The van der Waals surface area contributed by atoms with Crippen LogP contribution in [0, 0.1) is 6.92 Å². The molecule has 0 saturated carbocycles. The van der Waals surface area contributed by atoms with E-state index in [1.165, 1.54) is 0 Å². The summed E-state index contributed by atoms with van der Waals surface area (Å²) < 4.78 is 0.909. The van der Waals surface area contributed by atoms with Crippen molar-refractivity contribution in [2.45, 2.75) is 20.3 Å². The van der Waals surface area contributed by atoms with E-state index < -0.39 is 0 Å². The molecule has 0 unspecified atom stereocenters. The molecule has 0 bridgehead atoms. The third kappa shape index (κ3) is 4.01. The van der Waals surface area contributed by atoms with Gasteiger partial charge in [-0.15, -0.1) is 0 Å². The van der Waals surface area contributed by atoms with Crippen molar-refractivity contribution in [2.24, 2.45) is 0 Å². The van der Waals surface area contributed by atoms with Gasteiger partial charge in [-0.1, -0.05) is 6.92 Å². The van der Waals surface area contributed by atoms with Crippen LogP contribution in [0.4, 0.5) is 11.5 Å². The maximum Gasteiger partial charge on any atom is 0.260 e. The molecule has 0 aromatic carbocycles. The number of rotatable bonds is 5. The minimum absolute atomic E-state index is 0.226. The SMILES string of the molecule is CCCNc1ccncc1C(=O)Nc1ccc(Br)c(C)n1. The van der Waals surface area contributed by atoms with Crippen LogP contribution in [0.1, 0.15) is 29.4 Å². The van der Waals surface area contributed by atoms with Crippen molar-refractivity contribution in [3.63, 3.8) is 0 Å². The van der Waals surface area contributed by atoms with Crippen molar-refractivity contribution < 1.29 is 4.79 Å². The Morgan fingerprint density at radius 3 is 2.86 bits per heavy atom. The highest BCUT2D eigenvalue weighted by Crippen LogP contribution is 2.18. The maximum absolute atomic E-state index is 12.4. The highest BCUT2D eigenvalue weighted by molar-refractivity contribution is 9.10. The number of nitrogens with zero attached hydrogens (tertiary/aromatic N) is 2. The molecule has 2 heterocycles. The average Bonchev–Trinajstić information content (AvgIpc) is 2.49. The molecule has 6 heteroatoms. The number of nitrogens with one attached hydrogen (secondary N) is 2. The molecule has 0 aliphatic rings. The summed E-state index contributed by atoms with van der Waals surface area (Å²) in [6.45, 7) is 4.75. The Morgan fingerprint density at radius 1 is 1.33 bits per heavy atom. The molecule has 2 N–H and O–H groups in total. The molecule has 0 fully saturated rings. The van der Waals surface area contributed by atoms with Gasteiger partial charge in [-0.2, -0.15) is 0 Å². The monoisotopic (exact) mass is 348 g/mol. The van der Waals surface area contributed by atoms with Gasteiger partial charge >= 0.3 is 0 Å². The molecule has 2 aromatic heterocycles. The second kappa shape index (κ2) is 7.17. The summed E-state index contributed by atoms with van der Waals surface area (Å²) in [6, 6.07) is 5.41. The Bertz CT molecular complexity index is 645. The third-order valence-electron chi connectivity index (χ3n) is 2.89. The number of amides is 1. The van der Waals surface area contributed by atoms with E-state index in [4.69, 9.17) is 0 Å². The summed E-state index contributed by atoms with van der Waals surface area (Å²) in [5.74, 6) is 0.293. The molecule has 110 valence electrons. The second-order valence-electron chi connectivity index (χ2n) is 4.57. The number of aromatic nitrogens is 2. The first-order chi connectivity index (χ1) is 10.1. The van der Waals surface area contributed by atoms with Gasteiger partial charge in [0.25, 0.3) is 5.91 Å². The van der Waals surface area contributed by atoms with Gasteiger partial charge in [-0.25, -0.2) is 4.98 Å². The largest absolute Gasteiger partial charge is 0.384 e. The number of halogens is 1. The van der Waals surface area contributed by atoms with Crippen molar-refractivity contribution in [3.8, 4) is 0 Å². The Morgan fingerprint density at radius 2 is 2.14 bits per heavy atom. The zero-order valence-electron chi connectivity index (χ0n) is 12.0. The molecule has 2 aromatic rings. The fraction of sp³-hybridized carbons (Fsp3) is 0.267. The molecule has 2 rings (SSSR count). The number of carbonyl (C=O) groups excluding carboxylic acids is 1. The van der Waals surface area contributed by atoms with Gasteiger partial charge in [0, 0.05) is 23.4 Å². The molecule has 0 atom stereocenters. The number of aryl methyl sites for hydroxylation is 1. The molecule has 0 saturated heterocycles. The zero-order valence-corrected chi connectivity index (χ0v) is 13.6. The summed E-state index contributed by atoms with van der Waals surface area (Å²) >= 11 is 3.39. The van der Waals surface area contributed by atoms with E-state index in [0.717, 1.165) is 28.8 Å². The van der Waals surface area contributed by atoms with Gasteiger partial charge in [-0.3, -0.25) is 9.78 Å². The van der Waals surface area contributed by atoms with E-state index >= 15 is 0 Å². The number of hydrogen-bond acceptors (Lipinski definition) is 4. The first-order valence-corrected chi connectivity index (χ1v) is 7.53. The Balaban J connectivity index is 2.18. The van der Waals surface area contributed by atoms with Gasteiger partial charge in [-0.05, 0) is 47.5 Å². The predicted molar refractivity (Wildman–Crippen MR) is 87.6 cm³/mol. The highest BCUT2D eigenvalue weighted by atomic mass is 79.9. The Kier molecular flexibility index (Phi) is 5.27. The van der Waals surface area contributed by atoms with Crippen LogP contribution in [0.2, 0.25) is 0 Å². The lowest BCUT2D eigenvalue weighted by Gasteiger charge is -2.11. The minimum Gasteiger partial charge on any atom is -0.384 e. The molecule has 0 spiro atoms. The summed E-state index contributed by atoms with van der Waals surface area (Å²) in [6.07, 6.45) is 4.20. The molecule has 0 radical (unpaired) electrons. The highest BCUT2D eigenvalue weighted by Gasteiger charge is 2.12. The lowest BCUT2D eigenvalue weighted by molar-refractivity contribution is 0.102. The minimum atomic E-state index is -0.226. The van der Waals surface area contributed by atoms with Crippen LogP contribution in [-0.4, -0.2) is 22.4 Å². The van der Waals surface area contributed by atoms with Crippen molar-refractivity contribution >= 4 is 33.3 Å². The smallest absolute Gasteiger partial charge is 0.260 e. The van der Waals surface area contributed by atoms with Crippen molar-refractivity contribution in [2.75, 3.05) is 17.2 Å². The van der Waals surface area contributed by atoms with E-state index in [2.05, 4.69) is 43.5 Å². The summed E-state index contributed by atoms with van der Waals surface area (Å²) in [7, 11) is 0. The number of hydrogen-bond donors (Lipinski definition) is 2. The fourth-order valence-electron chi connectivity index (χ4n) is 1.79. The van der Waals surface area contributed by atoms with Crippen LogP contribution in [0.25, 0.3) is 0 Å². The maximum atomic E-state index is 12.4. The van der Waals surface area contributed by atoms with Gasteiger partial charge in [0.05, 0.1) is 16.9 Å². The predicted octanol–water partition coefficient (Wildman–Crippen LogP) is 3.62. The van der Waals surface area contributed by atoms with Crippen LogP contribution in [0.5, 0.6) is 0 Å². The molecule has 21 heavy (non-hydrogen) atoms. The molecule has 0 aliphatic heterocycles. The van der Waals surface area contributed by atoms with Crippen LogP contribution >= 0.6 is 15.9 Å². The molecule has 5 nitrogen and oxygen atoms in total. The van der Waals surface area contributed by atoms with E-state index in [0.29, 0.717) is 11.4 Å². The summed E-state index contributed by atoms with van der Waals surface area (Å²) in [5, 5.41) is 6.01. The first kappa shape index (κ1) is 15.4. The lowest BCUT2D eigenvalue weighted by atomic mass is 10.2. The summed E-state index contributed by atoms with van der Waals surface area (Å²) in [4.78, 5) is 20.7. The van der Waals surface area contributed by atoms with E-state index in [-0.39, 0.29) is 5.91 Å². The lowest BCUT2D eigenvalue weighted by Crippen LogP contribution is -2.16. The number of anilines is 2. The zero-order chi connectivity index (χ0) is 15.2. The van der Waals surface area contributed by atoms with Crippen LogP contribution in [-0.2, 0) is 0 Å². The van der Waals surface area contributed by atoms with Crippen molar-refractivity contribution in [3.05, 3.63) is 46.3 Å². The van der Waals surface area contributed by atoms with Crippen molar-refractivity contribution in [1.82, 2.24) is 9.97 Å². The van der Waals surface area contributed by atoms with E-state index in [9.17, 15) is 4.79 Å². The van der Waals surface area contributed by atoms with Crippen LogP contribution in [0.3, 0.4) is 0 Å². The standard InChI is InChI=1S/C15H17BrN4O/c1-3-7-18-13-6-8-17-9-11(13)15(21)20-14-5-4-12(16)10(2)19-14/h4-6,8-9H,3,7H2,1-2H3,(H,17,18)(H,19,20,21).